The number of ether oxygens (including phenoxy) is 4. The number of rotatable bonds is 16. The lowest BCUT2D eigenvalue weighted by Crippen LogP contribution is -2.24. The molecule has 12 aromatic rings. The first-order valence-electron chi connectivity index (χ1n) is 32.8. The minimum Gasteiger partial charge on any atom is -0.457 e. The standard InChI is InChI=1S/C85H95NO4/c1-78(2,3)48-82(13,14)54-26-34-58(35-27-54)87-65-42-24-53-25-43-66(88-59-36-28-55(29-37-59)83(15,16)49-79(4,5)6)73-70(53)72(65)74-67(89-60-38-30-56(31-39-60)84(17,18)50-80(7,8)9)46-63-62-23-21-22-52-44-45-86-77(69(52)62)64-47-68(75(73)76(74)71(63)64)90-61-40-32-57(33-41-61)85(19,20)51-81(10,11)12/h21-47H,48-51H2,1-20H3. The maximum atomic E-state index is 7.59. The van der Waals surface area contributed by atoms with Gasteiger partial charge in [-0.25, -0.2) is 0 Å². The van der Waals surface area contributed by atoms with Crippen LogP contribution in [0.5, 0.6) is 46.0 Å². The van der Waals surface area contributed by atoms with E-state index in [4.69, 9.17) is 23.9 Å². The molecule has 12 rings (SSSR count). The summed E-state index contributed by atoms with van der Waals surface area (Å²) in [4.78, 5) is 5.30. The first-order chi connectivity index (χ1) is 42.0. The summed E-state index contributed by atoms with van der Waals surface area (Å²) in [6.07, 6.45) is 6.09. The van der Waals surface area contributed by atoms with Crippen molar-refractivity contribution < 1.29 is 18.9 Å². The predicted molar refractivity (Wildman–Crippen MR) is 384 cm³/mol. The van der Waals surface area contributed by atoms with Gasteiger partial charge in [0, 0.05) is 54.7 Å². The van der Waals surface area contributed by atoms with Crippen LogP contribution in [0.4, 0.5) is 0 Å². The van der Waals surface area contributed by atoms with Gasteiger partial charge in [0.15, 0.2) is 0 Å². The average Bonchev–Trinajstić information content (AvgIpc) is 0.679. The summed E-state index contributed by atoms with van der Waals surface area (Å²) >= 11 is 0. The van der Waals surface area contributed by atoms with Crippen LogP contribution in [0.25, 0.3) is 75.5 Å². The molecule has 0 aliphatic rings. The van der Waals surface area contributed by atoms with Crippen molar-refractivity contribution in [3.05, 3.63) is 186 Å². The molecule has 1 aromatic heterocycles. The van der Waals surface area contributed by atoms with E-state index < -0.39 is 0 Å². The zero-order valence-electron chi connectivity index (χ0n) is 57.5. The second-order valence-corrected chi connectivity index (χ2v) is 33.9. The Hall–Kier alpha value is -7.89. The average molecular weight is 1190 g/mol. The fraction of sp³-hybridized carbons (Fsp3) is 0.376. The van der Waals surface area contributed by atoms with E-state index >= 15 is 0 Å². The van der Waals surface area contributed by atoms with Gasteiger partial charge in [-0.3, -0.25) is 4.98 Å². The van der Waals surface area contributed by atoms with Crippen LogP contribution in [-0.2, 0) is 21.7 Å². The molecule has 0 saturated heterocycles. The quantitative estimate of drug-likeness (QED) is 0.0713. The number of benzene rings is 11. The van der Waals surface area contributed by atoms with E-state index in [2.05, 4.69) is 296 Å². The van der Waals surface area contributed by atoms with Gasteiger partial charge < -0.3 is 18.9 Å². The summed E-state index contributed by atoms with van der Waals surface area (Å²) < 4.78 is 30.0. The van der Waals surface area contributed by atoms with Crippen LogP contribution in [0.2, 0.25) is 0 Å². The Morgan fingerprint density at radius 3 is 0.944 bits per heavy atom. The van der Waals surface area contributed by atoms with Crippen molar-refractivity contribution in [3.8, 4) is 46.0 Å². The number of hydrogen-bond donors (Lipinski definition) is 0. The second kappa shape index (κ2) is 21.9. The van der Waals surface area contributed by atoms with Gasteiger partial charge in [0.05, 0.1) is 5.52 Å². The lowest BCUT2D eigenvalue weighted by molar-refractivity contribution is 0.283. The molecule has 0 amide bonds. The summed E-state index contributed by atoms with van der Waals surface area (Å²) in [7, 11) is 0. The van der Waals surface area contributed by atoms with Crippen molar-refractivity contribution >= 4 is 75.5 Å². The Labute approximate surface area is 536 Å². The Morgan fingerprint density at radius 1 is 0.267 bits per heavy atom. The molecule has 0 saturated carbocycles. The predicted octanol–water partition coefficient (Wildman–Crippen LogP) is 26.1. The van der Waals surface area contributed by atoms with Crippen LogP contribution in [0.3, 0.4) is 0 Å². The number of aromatic nitrogens is 1. The largest absolute Gasteiger partial charge is 0.457 e. The van der Waals surface area contributed by atoms with Gasteiger partial charge in [-0.05, 0) is 192 Å². The SMILES string of the molecule is CC(C)(C)CC(C)(C)c1ccc(Oc2ccc3ccc(Oc4ccc(C(C)(C)CC(C)(C)C)cc4)c4c5c(Oc6ccc(C(C)(C)CC(C)(C)C)cc6)cc6c7nccc8cccc(c9cc(Oc%10ccc(C(C)(C)CC(C)(C)C)cc%10)c(c2c34)c5c96)c87)cc1. The normalized spacial score (nSPS) is 13.5. The highest BCUT2D eigenvalue weighted by molar-refractivity contribution is 6.45. The van der Waals surface area contributed by atoms with Gasteiger partial charge in [0.25, 0.3) is 0 Å². The molecule has 5 nitrogen and oxygen atoms in total. The van der Waals surface area contributed by atoms with Crippen LogP contribution in [0.15, 0.2) is 164 Å². The van der Waals surface area contributed by atoms with E-state index in [0.29, 0.717) is 23.0 Å². The highest BCUT2D eigenvalue weighted by Crippen LogP contribution is 2.58. The number of fused-ring (bicyclic) bond motifs is 4. The fourth-order valence-corrected chi connectivity index (χ4v) is 16.5. The van der Waals surface area contributed by atoms with Crippen molar-refractivity contribution in [2.24, 2.45) is 21.7 Å². The Kier molecular flexibility index (Phi) is 15.2. The third kappa shape index (κ3) is 12.3. The minimum atomic E-state index is -0.0604. The molecule has 0 spiro atoms. The summed E-state index contributed by atoms with van der Waals surface area (Å²) in [5.41, 5.74) is 6.40. The molecule has 90 heavy (non-hydrogen) atoms. The van der Waals surface area contributed by atoms with Crippen molar-refractivity contribution in [2.75, 3.05) is 0 Å². The molecule has 464 valence electrons. The number of hydrogen-bond acceptors (Lipinski definition) is 5. The van der Waals surface area contributed by atoms with Gasteiger partial charge >= 0.3 is 0 Å². The van der Waals surface area contributed by atoms with E-state index in [0.717, 1.165) is 124 Å². The smallest absolute Gasteiger partial charge is 0.136 e. The maximum absolute atomic E-state index is 7.59. The molecule has 5 heteroatoms. The Balaban J connectivity index is 1.19. The molecular formula is C85H95NO4. The van der Waals surface area contributed by atoms with Crippen molar-refractivity contribution in [1.82, 2.24) is 4.98 Å². The van der Waals surface area contributed by atoms with Crippen LogP contribution < -0.4 is 18.9 Å². The molecule has 0 unspecified atom stereocenters. The van der Waals surface area contributed by atoms with E-state index in [1.54, 1.807) is 0 Å². The number of pyridine rings is 1. The van der Waals surface area contributed by atoms with Crippen molar-refractivity contribution in [1.29, 1.82) is 0 Å². The third-order valence-corrected chi connectivity index (χ3v) is 18.6. The molecule has 0 aliphatic carbocycles. The van der Waals surface area contributed by atoms with Crippen LogP contribution in [-0.4, -0.2) is 4.98 Å². The highest BCUT2D eigenvalue weighted by Gasteiger charge is 2.34. The van der Waals surface area contributed by atoms with E-state index in [1.807, 2.05) is 6.20 Å². The van der Waals surface area contributed by atoms with Crippen LogP contribution in [0, 0.1) is 21.7 Å². The van der Waals surface area contributed by atoms with Gasteiger partial charge in [-0.15, -0.1) is 0 Å². The monoisotopic (exact) mass is 1190 g/mol. The molecule has 0 aliphatic heterocycles. The molecule has 0 N–H and O–H groups in total. The zero-order valence-corrected chi connectivity index (χ0v) is 57.5. The van der Waals surface area contributed by atoms with E-state index in [9.17, 15) is 0 Å². The lowest BCUT2D eigenvalue weighted by atomic mass is 9.72. The van der Waals surface area contributed by atoms with Gasteiger partial charge in [-0.1, -0.05) is 217 Å². The summed E-state index contributed by atoms with van der Waals surface area (Å²) in [6, 6.07) is 57.1. The maximum Gasteiger partial charge on any atom is 0.136 e. The molecule has 0 fully saturated rings. The third-order valence-electron chi connectivity index (χ3n) is 18.6. The van der Waals surface area contributed by atoms with Gasteiger partial charge in [0.1, 0.15) is 46.0 Å². The van der Waals surface area contributed by atoms with E-state index in [-0.39, 0.29) is 43.3 Å². The first kappa shape index (κ1) is 62.3. The minimum absolute atomic E-state index is 0.0466. The number of nitrogens with zero attached hydrogens (tertiary/aromatic N) is 1. The van der Waals surface area contributed by atoms with Gasteiger partial charge in [-0.2, -0.15) is 0 Å². The van der Waals surface area contributed by atoms with E-state index in [1.165, 1.54) is 22.3 Å². The highest BCUT2D eigenvalue weighted by atomic mass is 16.5. The second-order valence-electron chi connectivity index (χ2n) is 33.9. The van der Waals surface area contributed by atoms with Crippen molar-refractivity contribution in [3.63, 3.8) is 0 Å². The molecular weight excluding hydrogens is 1100 g/mol. The molecule has 0 bridgehead atoms. The lowest BCUT2D eigenvalue weighted by Gasteiger charge is -2.33. The molecule has 1 heterocycles. The van der Waals surface area contributed by atoms with Crippen LogP contribution in [0.1, 0.15) is 186 Å². The molecule has 11 aromatic carbocycles. The summed E-state index contributed by atoms with van der Waals surface area (Å²) in [6.45, 7) is 46.6. The van der Waals surface area contributed by atoms with Gasteiger partial charge in [0.2, 0.25) is 0 Å². The summed E-state index contributed by atoms with van der Waals surface area (Å²) in [5, 5.41) is 13.1. The fourth-order valence-electron chi connectivity index (χ4n) is 16.5. The van der Waals surface area contributed by atoms with Crippen LogP contribution >= 0.6 is 0 Å². The molecule has 0 atom stereocenters. The Bertz CT molecular complexity index is 4340. The van der Waals surface area contributed by atoms with Crippen molar-refractivity contribution in [2.45, 2.75) is 186 Å². The zero-order chi connectivity index (χ0) is 64.5. The first-order valence-corrected chi connectivity index (χ1v) is 32.8. The summed E-state index contributed by atoms with van der Waals surface area (Å²) in [5.74, 6) is 5.78. The Morgan fingerprint density at radius 2 is 0.589 bits per heavy atom. The topological polar surface area (TPSA) is 49.8 Å². The molecule has 0 radical (unpaired) electrons.